The Morgan fingerprint density at radius 1 is 0.317 bits per heavy atom. The molecule has 0 saturated heterocycles. The van der Waals surface area contributed by atoms with E-state index in [2.05, 4.69) is 249 Å². The number of anilines is 6. The van der Waals surface area contributed by atoms with Gasteiger partial charge >= 0.3 is 0 Å². The Morgan fingerprint density at radius 2 is 0.683 bits per heavy atom. The van der Waals surface area contributed by atoms with Crippen LogP contribution in [0, 0.1) is 41.5 Å². The SMILES string of the molecule is Cc1ccc(C=Cc2ccc(N(c3cccc(N(c4ccc(C=Cc5ccc(C)c(C)c5)cc4)c4ccc(C(C)C)cc4C)c3)c3ccc(C(C)C)cc3C)cc2)cc1C. The van der Waals surface area contributed by atoms with Crippen LogP contribution >= 0.6 is 0 Å². The molecule has 0 atom stereocenters. The van der Waals surface area contributed by atoms with Crippen molar-refractivity contribution in [3.63, 3.8) is 0 Å². The quantitative estimate of drug-likeness (QED) is 0.114. The van der Waals surface area contributed by atoms with Crippen LogP contribution in [0.2, 0.25) is 0 Å². The molecule has 0 aliphatic rings. The van der Waals surface area contributed by atoms with Crippen molar-refractivity contribution in [2.45, 2.75) is 81.1 Å². The molecule has 7 rings (SSSR count). The summed E-state index contributed by atoms with van der Waals surface area (Å²) in [6.45, 7) is 22.2. The molecule has 0 spiro atoms. The molecule has 0 amide bonds. The topological polar surface area (TPSA) is 6.48 Å². The lowest BCUT2D eigenvalue weighted by Crippen LogP contribution is -2.15. The molecule has 7 aromatic carbocycles. The summed E-state index contributed by atoms with van der Waals surface area (Å²) >= 11 is 0. The summed E-state index contributed by atoms with van der Waals surface area (Å²) in [5, 5.41) is 0. The van der Waals surface area contributed by atoms with Gasteiger partial charge in [-0.05, 0) is 175 Å². The van der Waals surface area contributed by atoms with Crippen LogP contribution in [-0.4, -0.2) is 0 Å². The van der Waals surface area contributed by atoms with E-state index in [-0.39, 0.29) is 0 Å². The zero-order chi connectivity index (χ0) is 42.5. The Hall–Kier alpha value is -6.38. The molecule has 7 aromatic rings. The third kappa shape index (κ3) is 9.56. The van der Waals surface area contributed by atoms with Crippen LogP contribution in [0.1, 0.15) is 106 Å². The van der Waals surface area contributed by atoms with Gasteiger partial charge in [0.2, 0.25) is 0 Å². The number of rotatable bonds is 12. The fourth-order valence-corrected chi connectivity index (χ4v) is 7.79. The molecule has 0 aliphatic heterocycles. The lowest BCUT2D eigenvalue weighted by Gasteiger charge is -2.31. The van der Waals surface area contributed by atoms with E-state index in [1.54, 1.807) is 0 Å². The maximum Gasteiger partial charge on any atom is 0.0490 e. The molecule has 0 fully saturated rings. The first-order chi connectivity index (χ1) is 28.8. The van der Waals surface area contributed by atoms with Crippen molar-refractivity contribution in [1.82, 2.24) is 0 Å². The summed E-state index contributed by atoms with van der Waals surface area (Å²) in [7, 11) is 0. The van der Waals surface area contributed by atoms with E-state index in [1.807, 2.05) is 0 Å². The van der Waals surface area contributed by atoms with Crippen molar-refractivity contribution in [3.8, 4) is 0 Å². The van der Waals surface area contributed by atoms with Crippen molar-refractivity contribution < 1.29 is 0 Å². The van der Waals surface area contributed by atoms with Crippen LogP contribution in [0.15, 0.2) is 146 Å². The second-order valence-electron chi connectivity index (χ2n) is 17.1. The summed E-state index contributed by atoms with van der Waals surface area (Å²) in [4.78, 5) is 4.82. The van der Waals surface area contributed by atoms with Gasteiger partial charge in [0.05, 0.1) is 0 Å². The van der Waals surface area contributed by atoms with Crippen molar-refractivity contribution in [3.05, 3.63) is 212 Å². The molecule has 0 aliphatic carbocycles. The largest absolute Gasteiger partial charge is 0.310 e. The predicted octanol–water partition coefficient (Wildman–Crippen LogP) is 17.1. The first-order valence-corrected chi connectivity index (χ1v) is 21.5. The molecule has 60 heavy (non-hydrogen) atoms. The van der Waals surface area contributed by atoms with E-state index < -0.39 is 0 Å². The van der Waals surface area contributed by atoms with E-state index in [0.29, 0.717) is 11.8 Å². The second kappa shape index (κ2) is 18.3. The molecule has 2 heteroatoms. The van der Waals surface area contributed by atoms with Gasteiger partial charge in [-0.15, -0.1) is 0 Å². The van der Waals surface area contributed by atoms with Gasteiger partial charge in [0.15, 0.2) is 0 Å². The normalized spacial score (nSPS) is 11.7. The summed E-state index contributed by atoms with van der Waals surface area (Å²) in [5.74, 6) is 0.899. The third-order valence-electron chi connectivity index (χ3n) is 11.9. The van der Waals surface area contributed by atoms with Crippen molar-refractivity contribution in [1.29, 1.82) is 0 Å². The highest BCUT2D eigenvalue weighted by molar-refractivity contribution is 5.85. The monoisotopic (exact) mass is 784 g/mol. The highest BCUT2D eigenvalue weighted by Gasteiger charge is 2.20. The van der Waals surface area contributed by atoms with Crippen LogP contribution in [0.3, 0.4) is 0 Å². The minimum absolute atomic E-state index is 0.450. The Balaban J connectivity index is 1.30. The van der Waals surface area contributed by atoms with Crippen molar-refractivity contribution in [2.75, 3.05) is 9.80 Å². The van der Waals surface area contributed by atoms with Crippen molar-refractivity contribution in [2.24, 2.45) is 0 Å². The molecule has 0 aromatic heterocycles. The second-order valence-corrected chi connectivity index (χ2v) is 17.1. The Morgan fingerprint density at radius 3 is 1.03 bits per heavy atom. The molecule has 2 nitrogen and oxygen atoms in total. The van der Waals surface area contributed by atoms with E-state index in [4.69, 9.17) is 0 Å². The van der Waals surface area contributed by atoms with E-state index in [9.17, 15) is 0 Å². The fraction of sp³-hybridized carbons (Fsp3) is 0.207. The first-order valence-electron chi connectivity index (χ1n) is 21.5. The number of hydrogen-bond donors (Lipinski definition) is 0. The molecule has 0 bridgehead atoms. The maximum atomic E-state index is 2.41. The lowest BCUT2D eigenvalue weighted by atomic mass is 9.99. The van der Waals surface area contributed by atoms with Crippen LogP contribution in [0.25, 0.3) is 24.3 Å². The summed E-state index contributed by atoms with van der Waals surface area (Å²) in [5.41, 5.74) is 21.9. The van der Waals surface area contributed by atoms with Gasteiger partial charge in [-0.2, -0.15) is 0 Å². The summed E-state index contributed by atoms with van der Waals surface area (Å²) in [6, 6.07) is 54.0. The zero-order valence-electron chi connectivity index (χ0n) is 37.2. The minimum Gasteiger partial charge on any atom is -0.310 e. The van der Waals surface area contributed by atoms with Crippen LogP contribution < -0.4 is 9.80 Å². The summed E-state index contributed by atoms with van der Waals surface area (Å²) in [6.07, 6.45) is 8.82. The van der Waals surface area contributed by atoms with Gasteiger partial charge in [0, 0.05) is 34.1 Å². The average Bonchev–Trinajstić information content (AvgIpc) is 3.24. The number of hydrogen-bond acceptors (Lipinski definition) is 2. The predicted molar refractivity (Wildman–Crippen MR) is 263 cm³/mol. The van der Waals surface area contributed by atoms with Crippen LogP contribution in [-0.2, 0) is 0 Å². The van der Waals surface area contributed by atoms with Crippen LogP contribution in [0.5, 0.6) is 0 Å². The Labute approximate surface area is 360 Å². The molecular formula is C58H60N2. The molecule has 0 heterocycles. The third-order valence-corrected chi connectivity index (χ3v) is 11.9. The highest BCUT2D eigenvalue weighted by Crippen LogP contribution is 2.43. The fourth-order valence-electron chi connectivity index (χ4n) is 7.79. The molecule has 302 valence electrons. The molecular weight excluding hydrogens is 725 g/mol. The van der Waals surface area contributed by atoms with Gasteiger partial charge in [-0.1, -0.05) is 143 Å². The Bertz CT molecular complexity index is 2470. The Kier molecular flexibility index (Phi) is 12.7. The molecule has 0 saturated carbocycles. The van der Waals surface area contributed by atoms with Gasteiger partial charge in [-0.25, -0.2) is 0 Å². The van der Waals surface area contributed by atoms with E-state index in [0.717, 1.165) is 33.9 Å². The van der Waals surface area contributed by atoms with Gasteiger partial charge in [0.25, 0.3) is 0 Å². The lowest BCUT2D eigenvalue weighted by molar-refractivity contribution is 0.865. The molecule has 0 unspecified atom stereocenters. The average molecular weight is 785 g/mol. The number of aryl methyl sites for hydroxylation is 6. The van der Waals surface area contributed by atoms with E-state index in [1.165, 1.54) is 67.0 Å². The number of nitrogens with zero attached hydrogens (tertiary/aromatic N) is 2. The maximum absolute atomic E-state index is 2.41. The molecule has 0 N–H and O–H groups in total. The van der Waals surface area contributed by atoms with E-state index >= 15 is 0 Å². The van der Waals surface area contributed by atoms with Crippen molar-refractivity contribution >= 4 is 58.4 Å². The van der Waals surface area contributed by atoms with Crippen LogP contribution in [0.4, 0.5) is 34.1 Å². The summed E-state index contributed by atoms with van der Waals surface area (Å²) < 4.78 is 0. The smallest absolute Gasteiger partial charge is 0.0490 e. The standard InChI is InChI=1S/C58H60N2/c1-39(2)51-26-32-57(45(9)36-51)59(53-28-22-47(23-29-53)18-20-49-16-14-41(5)43(7)34-49)55-12-11-13-56(38-55)60(58-33-27-52(40(3)4)37-46(58)10)54-30-24-48(25-31-54)19-21-50-17-15-42(6)44(8)35-50/h11-40H,1-10H3. The van der Waals surface area contributed by atoms with Gasteiger partial charge < -0.3 is 9.80 Å². The van der Waals surface area contributed by atoms with Gasteiger partial charge in [0.1, 0.15) is 0 Å². The first kappa shape index (κ1) is 41.8. The number of benzene rings is 7. The molecule has 0 radical (unpaired) electrons. The minimum atomic E-state index is 0.450. The zero-order valence-corrected chi connectivity index (χ0v) is 37.2. The highest BCUT2D eigenvalue weighted by atomic mass is 15.2. The van der Waals surface area contributed by atoms with Gasteiger partial charge in [-0.3, -0.25) is 0 Å².